The largest absolute Gasteiger partial charge is 0.377 e. The maximum atomic E-state index is 12.4. The van der Waals surface area contributed by atoms with Crippen LogP contribution in [0, 0.1) is 0 Å². The van der Waals surface area contributed by atoms with Crippen LogP contribution in [0.15, 0.2) is 12.3 Å². The van der Waals surface area contributed by atoms with Gasteiger partial charge in [0, 0.05) is 32.1 Å². The molecule has 2 heterocycles. The minimum atomic E-state index is -3.39. The van der Waals surface area contributed by atoms with E-state index in [-0.39, 0.29) is 6.61 Å². The average Bonchev–Trinajstić information content (AvgIpc) is 2.55. The summed E-state index contributed by atoms with van der Waals surface area (Å²) in [6, 6.07) is 1.35. The van der Waals surface area contributed by atoms with Crippen LogP contribution >= 0.6 is 0 Å². The fraction of sp³-hybridized carbons (Fsp3) is 0.667. The standard InChI is InChI=1S/C15H24N4O4S/c1-4-18(5-2)13-6-7-16-15(17-13)12-10-23-9-8-19(12)14(20)11-24(3,21)22/h6-7,12H,4-5,8-11H2,1-3H3/t12-/m0/s1. The lowest BCUT2D eigenvalue weighted by Crippen LogP contribution is -2.46. The summed E-state index contributed by atoms with van der Waals surface area (Å²) in [5.41, 5.74) is 0. The third kappa shape index (κ3) is 4.64. The summed E-state index contributed by atoms with van der Waals surface area (Å²) in [5.74, 6) is 0.300. The molecule has 2 rings (SSSR count). The summed E-state index contributed by atoms with van der Waals surface area (Å²) < 4.78 is 28.3. The van der Waals surface area contributed by atoms with Gasteiger partial charge in [0.05, 0.1) is 13.2 Å². The number of carbonyl (C=O) groups excluding carboxylic acids is 1. The molecule has 1 aromatic heterocycles. The van der Waals surface area contributed by atoms with E-state index >= 15 is 0 Å². The maximum Gasteiger partial charge on any atom is 0.238 e. The molecule has 0 N–H and O–H groups in total. The van der Waals surface area contributed by atoms with Gasteiger partial charge in [0.15, 0.2) is 15.7 Å². The molecule has 0 bridgehead atoms. The first-order valence-corrected chi connectivity index (χ1v) is 10.0. The molecule has 0 spiro atoms. The second kappa shape index (κ2) is 7.89. The first-order chi connectivity index (χ1) is 11.4. The summed E-state index contributed by atoms with van der Waals surface area (Å²) in [6.07, 6.45) is 2.71. The topological polar surface area (TPSA) is 92.7 Å². The smallest absolute Gasteiger partial charge is 0.238 e. The number of hydrogen-bond acceptors (Lipinski definition) is 7. The summed E-state index contributed by atoms with van der Waals surface area (Å²) in [5, 5.41) is 0. The number of ether oxygens (including phenoxy) is 1. The predicted octanol–water partition coefficient (Wildman–Crippen LogP) is 0.267. The van der Waals surface area contributed by atoms with Crippen LogP contribution in [0.25, 0.3) is 0 Å². The Hall–Kier alpha value is -1.74. The van der Waals surface area contributed by atoms with Gasteiger partial charge in [-0.15, -0.1) is 0 Å². The van der Waals surface area contributed by atoms with Crippen LogP contribution in [-0.2, 0) is 19.4 Å². The van der Waals surface area contributed by atoms with Gasteiger partial charge in [0.2, 0.25) is 5.91 Å². The number of anilines is 1. The number of amides is 1. The zero-order chi connectivity index (χ0) is 17.7. The summed E-state index contributed by atoms with van der Waals surface area (Å²) >= 11 is 0. The van der Waals surface area contributed by atoms with Crippen LogP contribution in [-0.4, -0.2) is 74.0 Å². The molecule has 1 atom stereocenters. The number of hydrogen-bond donors (Lipinski definition) is 0. The number of sulfone groups is 1. The SMILES string of the molecule is CCN(CC)c1ccnc([C@@H]2COCCN2C(=O)CS(C)(=O)=O)n1. The molecule has 1 aromatic rings. The Kier molecular flexibility index (Phi) is 6.11. The van der Waals surface area contributed by atoms with Crippen molar-refractivity contribution in [3.63, 3.8) is 0 Å². The lowest BCUT2D eigenvalue weighted by Gasteiger charge is -2.34. The molecule has 134 valence electrons. The molecule has 0 saturated carbocycles. The number of nitrogens with zero attached hydrogens (tertiary/aromatic N) is 4. The van der Waals surface area contributed by atoms with Crippen molar-refractivity contribution in [1.29, 1.82) is 0 Å². The van der Waals surface area contributed by atoms with E-state index in [9.17, 15) is 13.2 Å². The zero-order valence-corrected chi connectivity index (χ0v) is 15.1. The minimum absolute atomic E-state index is 0.261. The average molecular weight is 356 g/mol. The molecule has 0 radical (unpaired) electrons. The van der Waals surface area contributed by atoms with E-state index in [1.165, 1.54) is 4.90 Å². The Morgan fingerprint density at radius 3 is 2.75 bits per heavy atom. The van der Waals surface area contributed by atoms with Gasteiger partial charge >= 0.3 is 0 Å². The van der Waals surface area contributed by atoms with Crippen molar-refractivity contribution in [2.45, 2.75) is 19.9 Å². The summed E-state index contributed by atoms with van der Waals surface area (Å²) in [6.45, 7) is 6.67. The molecule has 1 saturated heterocycles. The molecule has 9 heteroatoms. The van der Waals surface area contributed by atoms with Crippen LogP contribution in [0.5, 0.6) is 0 Å². The van der Waals surface area contributed by atoms with Gasteiger partial charge in [-0.3, -0.25) is 4.79 Å². The number of aromatic nitrogens is 2. The van der Waals surface area contributed by atoms with E-state index in [0.717, 1.165) is 25.2 Å². The molecule has 24 heavy (non-hydrogen) atoms. The third-order valence-corrected chi connectivity index (χ3v) is 4.65. The van der Waals surface area contributed by atoms with Crippen molar-refractivity contribution in [1.82, 2.24) is 14.9 Å². The van der Waals surface area contributed by atoms with Gasteiger partial charge in [0.1, 0.15) is 17.6 Å². The number of rotatable bonds is 6. The van der Waals surface area contributed by atoms with Crippen LogP contribution < -0.4 is 4.90 Å². The highest BCUT2D eigenvalue weighted by molar-refractivity contribution is 7.91. The predicted molar refractivity (Wildman–Crippen MR) is 90.6 cm³/mol. The fourth-order valence-corrected chi connectivity index (χ4v) is 3.29. The van der Waals surface area contributed by atoms with Gasteiger partial charge in [0.25, 0.3) is 0 Å². The van der Waals surface area contributed by atoms with E-state index < -0.39 is 27.5 Å². The Morgan fingerprint density at radius 1 is 1.42 bits per heavy atom. The second-order valence-electron chi connectivity index (χ2n) is 5.69. The molecule has 1 fully saturated rings. The number of morpholine rings is 1. The van der Waals surface area contributed by atoms with Crippen LogP contribution in [0.1, 0.15) is 25.7 Å². The van der Waals surface area contributed by atoms with E-state index in [0.29, 0.717) is 19.0 Å². The highest BCUT2D eigenvalue weighted by atomic mass is 32.2. The molecule has 1 amide bonds. The van der Waals surface area contributed by atoms with Gasteiger partial charge in [-0.05, 0) is 19.9 Å². The van der Waals surface area contributed by atoms with Crippen molar-refractivity contribution < 1.29 is 17.9 Å². The lowest BCUT2D eigenvalue weighted by molar-refractivity contribution is -0.137. The van der Waals surface area contributed by atoms with Crippen molar-refractivity contribution in [3.8, 4) is 0 Å². The minimum Gasteiger partial charge on any atom is -0.377 e. The highest BCUT2D eigenvalue weighted by Crippen LogP contribution is 2.23. The van der Waals surface area contributed by atoms with E-state index in [4.69, 9.17) is 4.74 Å². The molecule has 0 unspecified atom stereocenters. The second-order valence-corrected chi connectivity index (χ2v) is 7.83. The molecule has 1 aliphatic rings. The van der Waals surface area contributed by atoms with E-state index in [1.807, 2.05) is 19.9 Å². The van der Waals surface area contributed by atoms with Crippen molar-refractivity contribution >= 4 is 21.6 Å². The van der Waals surface area contributed by atoms with E-state index in [1.54, 1.807) is 6.20 Å². The maximum absolute atomic E-state index is 12.4. The van der Waals surface area contributed by atoms with Crippen molar-refractivity contribution in [2.75, 3.05) is 49.8 Å². The van der Waals surface area contributed by atoms with Crippen LogP contribution in [0.3, 0.4) is 0 Å². The van der Waals surface area contributed by atoms with Gasteiger partial charge in [-0.2, -0.15) is 0 Å². The summed E-state index contributed by atoms with van der Waals surface area (Å²) in [4.78, 5) is 24.8. The number of carbonyl (C=O) groups is 1. The van der Waals surface area contributed by atoms with Gasteiger partial charge < -0.3 is 14.5 Å². The molecular formula is C15H24N4O4S. The molecule has 0 aliphatic carbocycles. The van der Waals surface area contributed by atoms with Crippen molar-refractivity contribution in [2.24, 2.45) is 0 Å². The molecule has 1 aliphatic heterocycles. The van der Waals surface area contributed by atoms with Gasteiger partial charge in [-0.25, -0.2) is 18.4 Å². The highest BCUT2D eigenvalue weighted by Gasteiger charge is 2.32. The van der Waals surface area contributed by atoms with Crippen LogP contribution in [0.4, 0.5) is 5.82 Å². The molecular weight excluding hydrogens is 332 g/mol. The third-order valence-electron chi connectivity index (χ3n) is 3.88. The van der Waals surface area contributed by atoms with Crippen molar-refractivity contribution in [3.05, 3.63) is 18.1 Å². The van der Waals surface area contributed by atoms with Gasteiger partial charge in [-0.1, -0.05) is 0 Å². The molecule has 0 aromatic carbocycles. The monoisotopic (exact) mass is 356 g/mol. The zero-order valence-electron chi connectivity index (χ0n) is 14.3. The Bertz CT molecular complexity index is 676. The fourth-order valence-electron chi connectivity index (χ4n) is 2.67. The van der Waals surface area contributed by atoms with E-state index in [2.05, 4.69) is 14.9 Å². The summed E-state index contributed by atoms with van der Waals surface area (Å²) in [7, 11) is -3.39. The van der Waals surface area contributed by atoms with Crippen LogP contribution in [0.2, 0.25) is 0 Å². The quantitative estimate of drug-likeness (QED) is 0.722. The normalized spacial score (nSPS) is 18.5. The first kappa shape index (κ1) is 18.6. The lowest BCUT2D eigenvalue weighted by atomic mass is 10.2. The Morgan fingerprint density at radius 2 is 2.12 bits per heavy atom. The Labute approximate surface area is 142 Å². The molecule has 8 nitrogen and oxygen atoms in total. The first-order valence-electron chi connectivity index (χ1n) is 7.98. The Balaban J connectivity index is 2.27.